The van der Waals surface area contributed by atoms with Gasteiger partial charge in [0.1, 0.15) is 0 Å². The molecule has 12 heavy (non-hydrogen) atoms. The Morgan fingerprint density at radius 1 is 1.00 bits per heavy atom. The highest BCUT2D eigenvalue weighted by Gasteiger charge is 1.91. The summed E-state index contributed by atoms with van der Waals surface area (Å²) in [6.45, 7) is 3.67. The highest BCUT2D eigenvalue weighted by Crippen LogP contribution is 1.85. The molecule has 1 atom stereocenters. The molecule has 0 saturated carbocycles. The van der Waals surface area contributed by atoms with Gasteiger partial charge in [0.25, 0.3) is 0 Å². The van der Waals surface area contributed by atoms with Crippen LogP contribution in [0.4, 0.5) is 0 Å². The van der Waals surface area contributed by atoms with Gasteiger partial charge in [-0.2, -0.15) is 0 Å². The Balaban J connectivity index is 0. The zero-order valence-corrected chi connectivity index (χ0v) is 7.77. The van der Waals surface area contributed by atoms with Crippen LogP contribution < -0.4 is 0 Å². The number of rotatable bonds is 4. The van der Waals surface area contributed by atoms with Gasteiger partial charge in [0, 0.05) is 25.7 Å². The maximum absolute atomic E-state index is 8.39. The van der Waals surface area contributed by atoms with Crippen LogP contribution in [0.1, 0.15) is 20.3 Å². The Morgan fingerprint density at radius 2 is 1.42 bits per heavy atom. The van der Waals surface area contributed by atoms with Crippen molar-refractivity contribution in [2.24, 2.45) is 5.92 Å². The second-order valence-corrected chi connectivity index (χ2v) is 2.83. The van der Waals surface area contributed by atoms with Crippen LogP contribution in [0.25, 0.3) is 0 Å². The van der Waals surface area contributed by atoms with Gasteiger partial charge in [-0.3, -0.25) is 0 Å². The van der Waals surface area contributed by atoms with Crippen molar-refractivity contribution in [3.05, 3.63) is 0 Å². The molecule has 0 amide bonds. The van der Waals surface area contributed by atoms with Crippen molar-refractivity contribution in [2.45, 2.75) is 26.4 Å². The van der Waals surface area contributed by atoms with E-state index in [2.05, 4.69) is 0 Å². The molecule has 4 N–H and O–H groups in total. The lowest BCUT2D eigenvalue weighted by Gasteiger charge is -1.97. The Hall–Kier alpha value is -0.160. The van der Waals surface area contributed by atoms with Gasteiger partial charge in [-0.25, -0.2) is 0 Å². The van der Waals surface area contributed by atoms with Crippen LogP contribution in [0, 0.1) is 5.92 Å². The van der Waals surface area contributed by atoms with Crippen molar-refractivity contribution in [3.63, 3.8) is 0 Å². The van der Waals surface area contributed by atoms with Crippen molar-refractivity contribution in [3.8, 4) is 0 Å². The zero-order valence-electron chi connectivity index (χ0n) is 7.77. The molecular formula is C8H20O4. The smallest absolute Gasteiger partial charge is 0.0533 e. The predicted molar refractivity (Wildman–Crippen MR) is 46.7 cm³/mol. The van der Waals surface area contributed by atoms with E-state index in [4.69, 9.17) is 20.4 Å². The molecule has 0 aromatic rings. The lowest BCUT2D eigenvalue weighted by atomic mass is 10.2. The van der Waals surface area contributed by atoms with Crippen LogP contribution in [-0.4, -0.2) is 46.4 Å². The second-order valence-electron chi connectivity index (χ2n) is 2.83. The third-order valence-electron chi connectivity index (χ3n) is 1.17. The number of hydrogen-bond donors (Lipinski definition) is 4. The zero-order chi connectivity index (χ0) is 9.98. The van der Waals surface area contributed by atoms with Gasteiger partial charge in [-0.15, -0.1) is 0 Å². The average Bonchev–Trinajstić information content (AvgIpc) is 2.04. The fraction of sp³-hybridized carbons (Fsp3) is 1.00. The second kappa shape index (κ2) is 10.8. The van der Waals surface area contributed by atoms with Crippen LogP contribution in [0.15, 0.2) is 0 Å². The minimum atomic E-state index is -0.352. The lowest BCUT2D eigenvalue weighted by molar-refractivity contribution is 0.148. The number of aliphatic hydroxyl groups excluding tert-OH is 4. The van der Waals surface area contributed by atoms with Crippen molar-refractivity contribution in [1.82, 2.24) is 0 Å². The summed E-state index contributed by atoms with van der Waals surface area (Å²) in [5, 5.41) is 32.8. The molecule has 0 rings (SSSR count). The molecule has 0 aromatic heterocycles. The minimum Gasteiger partial charge on any atom is -0.396 e. The monoisotopic (exact) mass is 180 g/mol. The van der Waals surface area contributed by atoms with Crippen LogP contribution in [-0.2, 0) is 0 Å². The number of hydrogen-bond acceptors (Lipinski definition) is 4. The van der Waals surface area contributed by atoms with E-state index in [1.54, 1.807) is 13.8 Å². The van der Waals surface area contributed by atoms with Gasteiger partial charge >= 0.3 is 0 Å². The lowest BCUT2D eigenvalue weighted by Crippen LogP contribution is -2.04. The molecule has 0 aliphatic carbocycles. The standard InChI is InChI=1S/2C4H10O2/c1-4(2-5)3-6;1-4(6)2-3-5/h2*4-6H,2-3H2,1H3. The van der Waals surface area contributed by atoms with Crippen LogP contribution in [0.2, 0.25) is 0 Å². The fourth-order valence-electron chi connectivity index (χ4n) is 0.245. The van der Waals surface area contributed by atoms with E-state index in [9.17, 15) is 0 Å². The van der Waals surface area contributed by atoms with Gasteiger partial charge in [-0.05, 0) is 13.3 Å². The summed E-state index contributed by atoms with van der Waals surface area (Å²) in [4.78, 5) is 0. The Labute approximate surface area is 73.5 Å². The summed E-state index contributed by atoms with van der Waals surface area (Å²) < 4.78 is 0. The first kappa shape index (κ1) is 14.4. The molecule has 4 heteroatoms. The molecule has 0 radical (unpaired) electrons. The van der Waals surface area contributed by atoms with Crippen LogP contribution >= 0.6 is 0 Å². The van der Waals surface area contributed by atoms with Crippen LogP contribution in [0.5, 0.6) is 0 Å². The number of aliphatic hydroxyl groups is 4. The molecule has 0 bridgehead atoms. The molecule has 1 unspecified atom stereocenters. The first-order chi connectivity index (χ1) is 5.58. The van der Waals surface area contributed by atoms with Crippen molar-refractivity contribution >= 4 is 0 Å². The summed E-state index contributed by atoms with van der Waals surface area (Å²) in [5.74, 6) is 0.0463. The Morgan fingerprint density at radius 3 is 1.42 bits per heavy atom. The SMILES string of the molecule is CC(CO)CO.CC(O)CCO. The summed E-state index contributed by atoms with van der Waals surface area (Å²) in [6.07, 6.45) is 0.134. The van der Waals surface area contributed by atoms with Gasteiger partial charge in [-0.1, -0.05) is 6.92 Å². The minimum absolute atomic E-state index is 0.0463. The third-order valence-corrected chi connectivity index (χ3v) is 1.17. The van der Waals surface area contributed by atoms with Gasteiger partial charge in [0.15, 0.2) is 0 Å². The Kier molecular flexibility index (Phi) is 13.0. The molecule has 0 heterocycles. The molecule has 0 fully saturated rings. The van der Waals surface area contributed by atoms with E-state index in [-0.39, 0.29) is 31.8 Å². The topological polar surface area (TPSA) is 80.9 Å². The summed E-state index contributed by atoms with van der Waals surface area (Å²) in [6, 6.07) is 0. The first-order valence-electron chi connectivity index (χ1n) is 4.09. The van der Waals surface area contributed by atoms with E-state index < -0.39 is 0 Å². The molecule has 0 spiro atoms. The average molecular weight is 180 g/mol. The van der Waals surface area contributed by atoms with E-state index >= 15 is 0 Å². The highest BCUT2D eigenvalue weighted by molar-refractivity contribution is 4.41. The molecule has 0 aliphatic rings. The summed E-state index contributed by atoms with van der Waals surface area (Å²) in [5.41, 5.74) is 0. The Bertz CT molecular complexity index is 71.5. The van der Waals surface area contributed by atoms with Gasteiger partial charge in [0.05, 0.1) is 6.10 Å². The molecular weight excluding hydrogens is 160 g/mol. The summed E-state index contributed by atoms with van der Waals surface area (Å²) in [7, 11) is 0. The van der Waals surface area contributed by atoms with Crippen molar-refractivity contribution in [2.75, 3.05) is 19.8 Å². The van der Waals surface area contributed by atoms with E-state index in [0.29, 0.717) is 6.42 Å². The first-order valence-corrected chi connectivity index (χ1v) is 4.09. The molecule has 0 aromatic carbocycles. The fourth-order valence-corrected chi connectivity index (χ4v) is 0.245. The molecule has 76 valence electrons. The normalized spacial score (nSPS) is 12.2. The molecule has 4 nitrogen and oxygen atoms in total. The van der Waals surface area contributed by atoms with Crippen molar-refractivity contribution < 1.29 is 20.4 Å². The van der Waals surface area contributed by atoms with E-state index in [1.165, 1.54) is 0 Å². The maximum atomic E-state index is 8.39. The van der Waals surface area contributed by atoms with E-state index in [0.717, 1.165) is 0 Å². The third kappa shape index (κ3) is 16.4. The molecule has 0 saturated heterocycles. The highest BCUT2D eigenvalue weighted by atomic mass is 16.3. The van der Waals surface area contributed by atoms with Crippen molar-refractivity contribution in [1.29, 1.82) is 0 Å². The van der Waals surface area contributed by atoms with Gasteiger partial charge < -0.3 is 20.4 Å². The molecule has 0 aliphatic heterocycles. The largest absolute Gasteiger partial charge is 0.396 e. The predicted octanol–water partition coefficient (Wildman–Crippen LogP) is -0.643. The maximum Gasteiger partial charge on any atom is 0.0533 e. The van der Waals surface area contributed by atoms with Crippen LogP contribution in [0.3, 0.4) is 0 Å². The quantitative estimate of drug-likeness (QED) is 0.464. The summed E-state index contributed by atoms with van der Waals surface area (Å²) >= 11 is 0. The van der Waals surface area contributed by atoms with Gasteiger partial charge in [0.2, 0.25) is 0 Å². The van der Waals surface area contributed by atoms with E-state index in [1.807, 2.05) is 0 Å².